The Morgan fingerprint density at radius 1 is 1.47 bits per heavy atom. The molecule has 15 heavy (non-hydrogen) atoms. The molecule has 0 spiro atoms. The van der Waals surface area contributed by atoms with Crippen LogP contribution >= 0.6 is 0 Å². The zero-order valence-electron chi connectivity index (χ0n) is 8.77. The second-order valence-electron chi connectivity index (χ2n) is 3.63. The number of aryl methyl sites for hydroxylation is 1. The van der Waals surface area contributed by atoms with E-state index in [0.717, 1.165) is 44.0 Å². The normalized spacial score (nSPS) is 16.5. The average molecular weight is 206 g/mol. The highest BCUT2D eigenvalue weighted by molar-refractivity contribution is 5.75. The Bertz CT molecular complexity index is 360. The van der Waals surface area contributed by atoms with E-state index >= 15 is 0 Å². The third-order valence-electron chi connectivity index (χ3n) is 2.52. The molecule has 2 heterocycles. The van der Waals surface area contributed by atoms with E-state index in [2.05, 4.69) is 9.88 Å². The fraction of sp³-hybridized carbons (Fsp3) is 0.455. The van der Waals surface area contributed by atoms with E-state index in [0.29, 0.717) is 5.56 Å². The van der Waals surface area contributed by atoms with Crippen molar-refractivity contribution in [3.63, 3.8) is 0 Å². The number of morpholine rings is 1. The van der Waals surface area contributed by atoms with Crippen LogP contribution in [0.15, 0.2) is 12.3 Å². The van der Waals surface area contributed by atoms with Gasteiger partial charge in [-0.3, -0.25) is 4.79 Å². The number of nitrogens with zero attached hydrogens (tertiary/aromatic N) is 2. The molecule has 1 aromatic heterocycles. The number of anilines is 1. The van der Waals surface area contributed by atoms with Gasteiger partial charge in [-0.1, -0.05) is 0 Å². The molecule has 4 nitrogen and oxygen atoms in total. The number of aromatic nitrogens is 1. The number of pyridine rings is 1. The van der Waals surface area contributed by atoms with Crippen molar-refractivity contribution in [3.8, 4) is 0 Å². The number of carbonyl (C=O) groups is 1. The van der Waals surface area contributed by atoms with E-state index in [1.54, 1.807) is 6.20 Å². The van der Waals surface area contributed by atoms with Crippen molar-refractivity contribution in [1.82, 2.24) is 4.98 Å². The summed E-state index contributed by atoms with van der Waals surface area (Å²) in [6, 6.07) is 1.87. The van der Waals surface area contributed by atoms with Gasteiger partial charge in [0, 0.05) is 24.8 Å². The van der Waals surface area contributed by atoms with E-state index < -0.39 is 0 Å². The first kappa shape index (κ1) is 10.1. The molecule has 4 heteroatoms. The van der Waals surface area contributed by atoms with Crippen LogP contribution in [0, 0.1) is 6.92 Å². The molecule has 0 amide bonds. The minimum absolute atomic E-state index is 0.629. The zero-order chi connectivity index (χ0) is 10.7. The van der Waals surface area contributed by atoms with Crippen LogP contribution in [-0.2, 0) is 4.74 Å². The van der Waals surface area contributed by atoms with Gasteiger partial charge in [0.1, 0.15) is 5.82 Å². The summed E-state index contributed by atoms with van der Waals surface area (Å²) in [7, 11) is 0. The second-order valence-corrected chi connectivity index (χ2v) is 3.63. The summed E-state index contributed by atoms with van der Waals surface area (Å²) in [6.45, 7) is 5.21. The molecule has 0 unspecified atom stereocenters. The molecule has 0 N–H and O–H groups in total. The average Bonchev–Trinajstić information content (AvgIpc) is 2.30. The zero-order valence-corrected chi connectivity index (χ0v) is 8.77. The molecule has 0 bridgehead atoms. The molecule has 1 aliphatic rings. The molecule has 0 aromatic carbocycles. The number of carbonyl (C=O) groups excluding carboxylic acids is 1. The lowest BCUT2D eigenvalue weighted by molar-refractivity contribution is 0.112. The van der Waals surface area contributed by atoms with Crippen LogP contribution in [0.4, 0.5) is 5.82 Å². The van der Waals surface area contributed by atoms with Gasteiger partial charge in [-0.25, -0.2) is 4.98 Å². The number of hydrogen-bond acceptors (Lipinski definition) is 4. The third kappa shape index (κ3) is 2.15. The van der Waals surface area contributed by atoms with Crippen molar-refractivity contribution in [2.24, 2.45) is 0 Å². The van der Waals surface area contributed by atoms with Crippen LogP contribution in [0.25, 0.3) is 0 Å². The Hall–Kier alpha value is -1.42. The summed E-state index contributed by atoms with van der Waals surface area (Å²) >= 11 is 0. The van der Waals surface area contributed by atoms with E-state index in [9.17, 15) is 4.79 Å². The van der Waals surface area contributed by atoms with Gasteiger partial charge in [0.2, 0.25) is 0 Å². The summed E-state index contributed by atoms with van der Waals surface area (Å²) in [5, 5.41) is 0. The quantitative estimate of drug-likeness (QED) is 0.678. The predicted molar refractivity (Wildman–Crippen MR) is 57.4 cm³/mol. The largest absolute Gasteiger partial charge is 0.378 e. The summed E-state index contributed by atoms with van der Waals surface area (Å²) < 4.78 is 5.28. The molecular formula is C11H14N2O2. The first-order valence-electron chi connectivity index (χ1n) is 5.06. The molecule has 1 aromatic rings. The summed E-state index contributed by atoms with van der Waals surface area (Å²) in [5.41, 5.74) is 1.67. The van der Waals surface area contributed by atoms with Gasteiger partial charge in [-0.2, -0.15) is 0 Å². The van der Waals surface area contributed by atoms with Crippen molar-refractivity contribution in [3.05, 3.63) is 23.4 Å². The Morgan fingerprint density at radius 2 is 2.20 bits per heavy atom. The van der Waals surface area contributed by atoms with Crippen LogP contribution in [0.3, 0.4) is 0 Å². The van der Waals surface area contributed by atoms with Crippen molar-refractivity contribution in [2.75, 3.05) is 31.2 Å². The van der Waals surface area contributed by atoms with Crippen LogP contribution in [0.2, 0.25) is 0 Å². The minimum Gasteiger partial charge on any atom is -0.378 e. The molecule has 0 atom stereocenters. The predicted octanol–water partition coefficient (Wildman–Crippen LogP) is 1.04. The second kappa shape index (κ2) is 4.40. The fourth-order valence-electron chi connectivity index (χ4n) is 1.76. The Kier molecular flexibility index (Phi) is 2.97. The van der Waals surface area contributed by atoms with Gasteiger partial charge in [-0.05, 0) is 18.6 Å². The number of aldehydes is 1. The Morgan fingerprint density at radius 3 is 2.80 bits per heavy atom. The molecule has 0 radical (unpaired) electrons. The highest BCUT2D eigenvalue weighted by Gasteiger charge is 2.14. The molecule has 1 aliphatic heterocycles. The monoisotopic (exact) mass is 206 g/mol. The van der Waals surface area contributed by atoms with E-state index in [4.69, 9.17) is 4.74 Å². The maximum Gasteiger partial charge on any atom is 0.151 e. The maximum absolute atomic E-state index is 10.6. The van der Waals surface area contributed by atoms with Crippen molar-refractivity contribution in [1.29, 1.82) is 0 Å². The van der Waals surface area contributed by atoms with E-state index in [1.807, 2.05) is 13.0 Å². The molecule has 1 fully saturated rings. The standard InChI is InChI=1S/C11H14N2O2/c1-9-6-10(8-14)7-12-11(9)13-2-4-15-5-3-13/h6-8H,2-5H2,1H3. The summed E-state index contributed by atoms with van der Waals surface area (Å²) in [4.78, 5) is 17.1. The van der Waals surface area contributed by atoms with Crippen molar-refractivity contribution >= 4 is 12.1 Å². The lowest BCUT2D eigenvalue weighted by Crippen LogP contribution is -2.37. The maximum atomic E-state index is 10.6. The number of rotatable bonds is 2. The fourth-order valence-corrected chi connectivity index (χ4v) is 1.76. The lowest BCUT2D eigenvalue weighted by atomic mass is 10.2. The number of hydrogen-bond donors (Lipinski definition) is 0. The smallest absolute Gasteiger partial charge is 0.151 e. The van der Waals surface area contributed by atoms with Crippen LogP contribution < -0.4 is 4.90 Å². The first-order chi connectivity index (χ1) is 7.31. The van der Waals surface area contributed by atoms with Crippen LogP contribution in [0.5, 0.6) is 0 Å². The SMILES string of the molecule is Cc1cc(C=O)cnc1N1CCOCC1. The molecule has 0 aliphatic carbocycles. The van der Waals surface area contributed by atoms with Gasteiger partial charge in [0.15, 0.2) is 6.29 Å². The lowest BCUT2D eigenvalue weighted by Gasteiger charge is -2.28. The topological polar surface area (TPSA) is 42.4 Å². The molecule has 2 rings (SSSR count). The first-order valence-corrected chi connectivity index (χ1v) is 5.06. The van der Waals surface area contributed by atoms with Crippen LogP contribution in [0.1, 0.15) is 15.9 Å². The highest BCUT2D eigenvalue weighted by atomic mass is 16.5. The minimum atomic E-state index is 0.629. The van der Waals surface area contributed by atoms with Gasteiger partial charge < -0.3 is 9.64 Å². The van der Waals surface area contributed by atoms with E-state index in [-0.39, 0.29) is 0 Å². The van der Waals surface area contributed by atoms with Crippen LogP contribution in [-0.4, -0.2) is 37.6 Å². The molecule has 1 saturated heterocycles. The molecule has 0 saturated carbocycles. The molecule has 80 valence electrons. The summed E-state index contributed by atoms with van der Waals surface area (Å²) in [6.07, 6.45) is 2.44. The van der Waals surface area contributed by atoms with Gasteiger partial charge in [0.05, 0.1) is 13.2 Å². The third-order valence-corrected chi connectivity index (χ3v) is 2.52. The Balaban J connectivity index is 2.23. The highest BCUT2D eigenvalue weighted by Crippen LogP contribution is 2.18. The van der Waals surface area contributed by atoms with Crippen molar-refractivity contribution in [2.45, 2.75) is 6.92 Å². The van der Waals surface area contributed by atoms with Gasteiger partial charge >= 0.3 is 0 Å². The molecular weight excluding hydrogens is 192 g/mol. The van der Waals surface area contributed by atoms with Gasteiger partial charge in [0.25, 0.3) is 0 Å². The Labute approximate surface area is 88.9 Å². The summed E-state index contributed by atoms with van der Waals surface area (Å²) in [5.74, 6) is 0.962. The number of ether oxygens (including phenoxy) is 1. The van der Waals surface area contributed by atoms with Crippen molar-refractivity contribution < 1.29 is 9.53 Å². The van der Waals surface area contributed by atoms with Gasteiger partial charge in [-0.15, -0.1) is 0 Å². The van der Waals surface area contributed by atoms with E-state index in [1.165, 1.54) is 0 Å².